The van der Waals surface area contributed by atoms with E-state index >= 15 is 0 Å². The van der Waals surface area contributed by atoms with Crippen LogP contribution in [0.3, 0.4) is 0 Å². The lowest BCUT2D eigenvalue weighted by atomic mass is 9.98. The van der Waals surface area contributed by atoms with E-state index in [1.807, 2.05) is 61.5 Å². The summed E-state index contributed by atoms with van der Waals surface area (Å²) in [6.07, 6.45) is -0.715. The molecule has 2 aliphatic heterocycles. The van der Waals surface area contributed by atoms with Crippen molar-refractivity contribution in [3.63, 3.8) is 0 Å². The van der Waals surface area contributed by atoms with E-state index in [4.69, 9.17) is 0 Å². The molecule has 2 atom stereocenters. The van der Waals surface area contributed by atoms with Crippen LogP contribution in [0.2, 0.25) is 0 Å². The van der Waals surface area contributed by atoms with Crippen LogP contribution in [0.4, 0.5) is 18.0 Å². The van der Waals surface area contributed by atoms with Crippen molar-refractivity contribution in [2.75, 3.05) is 20.1 Å². The molecule has 41 heavy (non-hydrogen) atoms. The average Bonchev–Trinajstić information content (AvgIpc) is 2.94. The number of rotatable bonds is 6. The molecule has 3 aromatic carbocycles. The molecule has 0 saturated carbocycles. The monoisotopic (exact) mass is 565 g/mol. The van der Waals surface area contributed by atoms with Gasteiger partial charge in [-0.15, -0.1) is 0 Å². The smallest absolute Gasteiger partial charge is 0.333 e. The van der Waals surface area contributed by atoms with Crippen LogP contribution in [0.5, 0.6) is 0 Å². The predicted octanol–water partition coefficient (Wildman–Crippen LogP) is 3.59. The van der Waals surface area contributed by atoms with Crippen LogP contribution < -0.4 is 5.32 Å². The highest BCUT2D eigenvalue weighted by atomic mass is 19.2. The molecule has 3 aromatic rings. The number of hydrogen-bond acceptors (Lipinski definition) is 4. The van der Waals surface area contributed by atoms with Crippen LogP contribution in [-0.4, -0.2) is 70.0 Å². The van der Waals surface area contributed by atoms with Gasteiger partial charge in [-0.2, -0.15) is 0 Å². The minimum Gasteiger partial charge on any atom is -0.333 e. The lowest BCUT2D eigenvalue weighted by molar-refractivity contribution is -0.187. The second-order valence-corrected chi connectivity index (χ2v) is 10.4. The molecular weight excluding hydrogens is 535 g/mol. The normalized spacial score (nSPS) is 19.4. The largest absolute Gasteiger partial charge is 0.334 e. The average molecular weight is 566 g/mol. The summed E-state index contributed by atoms with van der Waals surface area (Å²) in [4.78, 5) is 43.5. The molecule has 11 heteroatoms. The third-order valence-electron chi connectivity index (χ3n) is 7.40. The summed E-state index contributed by atoms with van der Waals surface area (Å²) < 4.78 is 41.6. The van der Waals surface area contributed by atoms with E-state index < -0.39 is 41.6 Å². The fourth-order valence-corrected chi connectivity index (χ4v) is 5.37. The van der Waals surface area contributed by atoms with Gasteiger partial charge >= 0.3 is 6.03 Å². The van der Waals surface area contributed by atoms with Crippen molar-refractivity contribution in [1.82, 2.24) is 25.1 Å². The summed E-state index contributed by atoms with van der Waals surface area (Å²) >= 11 is 0. The van der Waals surface area contributed by atoms with Gasteiger partial charge in [0, 0.05) is 26.6 Å². The number of aryl methyl sites for hydroxylation is 1. The second kappa shape index (κ2) is 11.6. The van der Waals surface area contributed by atoms with Gasteiger partial charge in [-0.1, -0.05) is 60.2 Å². The molecule has 0 bridgehead atoms. The molecule has 0 spiro atoms. The number of benzene rings is 3. The van der Waals surface area contributed by atoms with E-state index in [9.17, 15) is 27.6 Å². The molecule has 0 aromatic heterocycles. The summed E-state index contributed by atoms with van der Waals surface area (Å²) in [5.41, 5.74) is 2.76. The maximum atomic E-state index is 14.0. The number of nitrogens with one attached hydrogen (secondary N) is 1. The zero-order valence-electron chi connectivity index (χ0n) is 22.7. The molecule has 0 aliphatic carbocycles. The van der Waals surface area contributed by atoms with Gasteiger partial charge in [0.25, 0.3) is 0 Å². The van der Waals surface area contributed by atoms with Gasteiger partial charge in [-0.25, -0.2) is 28.0 Å². The molecule has 214 valence electrons. The van der Waals surface area contributed by atoms with Crippen LogP contribution in [0, 0.1) is 24.4 Å². The van der Waals surface area contributed by atoms with Crippen molar-refractivity contribution in [3.05, 3.63) is 106 Å². The maximum Gasteiger partial charge on any atom is 0.334 e. The number of amides is 4. The number of halogens is 3. The first kappa shape index (κ1) is 28.2. The highest BCUT2D eigenvalue weighted by Gasteiger charge is 2.50. The highest BCUT2D eigenvalue weighted by molar-refractivity contribution is 5.91. The van der Waals surface area contributed by atoms with E-state index in [1.54, 1.807) is 7.05 Å². The van der Waals surface area contributed by atoms with E-state index in [0.717, 1.165) is 28.8 Å². The van der Waals surface area contributed by atoms with Gasteiger partial charge in [-0.3, -0.25) is 9.59 Å². The fraction of sp³-hybridized carbons (Fsp3) is 0.300. The number of carbonyl (C=O) groups excluding carboxylic acids is 3. The number of fused-ring (bicyclic) bond motifs is 1. The van der Waals surface area contributed by atoms with Crippen LogP contribution in [0.1, 0.15) is 22.3 Å². The number of hydrazine groups is 1. The summed E-state index contributed by atoms with van der Waals surface area (Å²) in [5.74, 6) is -5.08. The first-order valence-electron chi connectivity index (χ1n) is 13.2. The van der Waals surface area contributed by atoms with E-state index in [1.165, 1.54) is 19.8 Å². The highest BCUT2D eigenvalue weighted by Crippen LogP contribution is 2.29. The predicted molar refractivity (Wildman–Crippen MR) is 144 cm³/mol. The SMILES string of the molecule is Cc1ccc(C[C@H]2C(=O)N(Cc3cc(F)c(F)c(F)c3)CC3N2C(=O)CN(C)N3C(=O)NCc2ccccc2)cc1. The van der Waals surface area contributed by atoms with Crippen LogP contribution >= 0.6 is 0 Å². The molecule has 0 radical (unpaired) electrons. The molecule has 2 saturated heterocycles. The van der Waals surface area contributed by atoms with Gasteiger partial charge in [-0.05, 0) is 35.7 Å². The lowest BCUT2D eigenvalue weighted by Gasteiger charge is -2.54. The first-order valence-corrected chi connectivity index (χ1v) is 13.2. The third-order valence-corrected chi connectivity index (χ3v) is 7.40. The Hall–Kier alpha value is -4.38. The molecule has 8 nitrogen and oxygen atoms in total. The van der Waals surface area contributed by atoms with Crippen molar-refractivity contribution >= 4 is 17.8 Å². The summed E-state index contributed by atoms with van der Waals surface area (Å²) in [6, 6.07) is 17.1. The minimum atomic E-state index is -1.59. The van der Waals surface area contributed by atoms with Gasteiger partial charge in [0.2, 0.25) is 11.8 Å². The molecule has 5 rings (SSSR count). The molecule has 4 amide bonds. The summed E-state index contributed by atoms with van der Waals surface area (Å²) in [6.45, 7) is 1.71. The summed E-state index contributed by atoms with van der Waals surface area (Å²) in [7, 11) is 1.61. The standard InChI is InChI=1S/C30H30F3N5O3/c1-19-8-10-20(11-9-19)14-25-29(40)36(16-22-12-23(31)28(33)24(32)13-22)17-26-37(25)27(39)18-35(2)38(26)30(41)34-15-21-6-4-3-5-7-21/h3-13,25-26H,14-18H2,1-2H3,(H,34,41)/t25-,26?/m0/s1. The topological polar surface area (TPSA) is 76.2 Å². The van der Waals surface area contributed by atoms with E-state index in [0.29, 0.717) is 0 Å². The van der Waals surface area contributed by atoms with E-state index in [-0.39, 0.29) is 44.1 Å². The number of piperazine rings is 1. The fourth-order valence-electron chi connectivity index (χ4n) is 5.37. The molecular formula is C30H30F3N5O3. The van der Waals surface area contributed by atoms with Crippen molar-refractivity contribution < 1.29 is 27.6 Å². The second-order valence-electron chi connectivity index (χ2n) is 10.4. The number of likely N-dealkylation sites (N-methyl/N-ethyl adjacent to an activating group) is 1. The van der Waals surface area contributed by atoms with Crippen molar-refractivity contribution in [2.24, 2.45) is 0 Å². The van der Waals surface area contributed by atoms with Crippen LogP contribution in [-0.2, 0) is 29.1 Å². The minimum absolute atomic E-state index is 0.0489. The molecule has 2 fully saturated rings. The Morgan fingerprint density at radius 2 is 1.59 bits per heavy atom. The lowest BCUT2D eigenvalue weighted by Crippen LogP contribution is -2.76. The Labute approximate surface area is 235 Å². The van der Waals surface area contributed by atoms with Crippen molar-refractivity contribution in [1.29, 1.82) is 0 Å². The van der Waals surface area contributed by atoms with Crippen molar-refractivity contribution in [3.8, 4) is 0 Å². The van der Waals surface area contributed by atoms with Gasteiger partial charge in [0.1, 0.15) is 12.2 Å². The van der Waals surface area contributed by atoms with Crippen LogP contribution in [0.25, 0.3) is 0 Å². The van der Waals surface area contributed by atoms with Crippen molar-refractivity contribution in [2.45, 2.75) is 38.6 Å². The Kier molecular flexibility index (Phi) is 7.98. The number of nitrogens with zero attached hydrogens (tertiary/aromatic N) is 4. The molecule has 2 heterocycles. The number of urea groups is 1. The third kappa shape index (κ3) is 5.90. The van der Waals surface area contributed by atoms with E-state index in [2.05, 4.69) is 5.32 Å². The maximum absolute atomic E-state index is 14.0. The number of hydrogen-bond donors (Lipinski definition) is 1. The Morgan fingerprint density at radius 1 is 0.927 bits per heavy atom. The Morgan fingerprint density at radius 3 is 2.24 bits per heavy atom. The zero-order chi connectivity index (χ0) is 29.3. The van der Waals surface area contributed by atoms with Gasteiger partial charge in [0.15, 0.2) is 17.5 Å². The van der Waals surface area contributed by atoms with Gasteiger partial charge in [0.05, 0.1) is 13.1 Å². The Balaban J connectivity index is 1.47. The van der Waals surface area contributed by atoms with Crippen LogP contribution in [0.15, 0.2) is 66.7 Å². The Bertz CT molecular complexity index is 1430. The summed E-state index contributed by atoms with van der Waals surface area (Å²) in [5, 5.41) is 5.78. The zero-order valence-corrected chi connectivity index (χ0v) is 22.7. The molecule has 1 unspecified atom stereocenters. The number of carbonyl (C=O) groups is 3. The van der Waals surface area contributed by atoms with Gasteiger partial charge < -0.3 is 15.1 Å². The molecule has 2 aliphatic rings. The first-order chi connectivity index (χ1) is 19.6. The molecule has 1 N–H and O–H groups in total. The quantitative estimate of drug-likeness (QED) is 0.464.